The van der Waals surface area contributed by atoms with E-state index in [9.17, 15) is 0 Å². The monoisotopic (exact) mass is 204 g/mol. The lowest BCUT2D eigenvalue weighted by Gasteiger charge is -2.01. The Bertz CT molecular complexity index is 451. The van der Waals surface area contributed by atoms with Gasteiger partial charge in [0.2, 0.25) is 0 Å². The molecule has 0 atom stereocenters. The number of rotatable bonds is 3. The number of aromatic amines is 1. The quantitative estimate of drug-likeness (QED) is 0.832. The van der Waals surface area contributed by atoms with E-state index < -0.39 is 0 Å². The summed E-state index contributed by atoms with van der Waals surface area (Å²) in [5, 5.41) is 0. The Kier molecular flexibility index (Phi) is 2.58. The highest BCUT2D eigenvalue weighted by atomic mass is 16.5. The summed E-state index contributed by atoms with van der Waals surface area (Å²) >= 11 is 0. The molecule has 0 fully saturated rings. The van der Waals surface area contributed by atoms with Gasteiger partial charge in [-0.1, -0.05) is 12.1 Å². The molecule has 2 rings (SSSR count). The minimum absolute atomic E-state index is 0.507. The van der Waals surface area contributed by atoms with Crippen LogP contribution < -0.4 is 9.47 Å². The average molecular weight is 204 g/mol. The molecule has 4 nitrogen and oxygen atoms in total. The van der Waals surface area contributed by atoms with Crippen molar-refractivity contribution in [3.05, 3.63) is 30.5 Å². The maximum Gasteiger partial charge on any atom is 0.293 e. The molecule has 1 heterocycles. The number of benzene rings is 1. The molecule has 0 bridgehead atoms. The zero-order chi connectivity index (χ0) is 10.7. The number of hydrogen-bond acceptors (Lipinski definition) is 3. The van der Waals surface area contributed by atoms with Gasteiger partial charge in [0.1, 0.15) is 5.75 Å². The van der Waals surface area contributed by atoms with Crippen molar-refractivity contribution in [2.24, 2.45) is 0 Å². The first kappa shape index (κ1) is 9.58. The van der Waals surface area contributed by atoms with E-state index in [0.29, 0.717) is 6.01 Å². The van der Waals surface area contributed by atoms with Crippen molar-refractivity contribution < 1.29 is 9.47 Å². The Morgan fingerprint density at radius 1 is 1.20 bits per heavy atom. The molecule has 1 aromatic heterocycles. The summed E-state index contributed by atoms with van der Waals surface area (Å²) in [6, 6.07) is 8.26. The number of hydrogen-bond donors (Lipinski definition) is 1. The topological polar surface area (TPSA) is 47.1 Å². The number of nitrogens with zero attached hydrogens (tertiary/aromatic N) is 1. The minimum Gasteiger partial charge on any atom is -0.497 e. The zero-order valence-electron chi connectivity index (χ0n) is 8.65. The Morgan fingerprint density at radius 3 is 2.73 bits per heavy atom. The van der Waals surface area contributed by atoms with Crippen LogP contribution in [0.3, 0.4) is 0 Å². The minimum atomic E-state index is 0.507. The van der Waals surface area contributed by atoms with E-state index in [4.69, 9.17) is 9.47 Å². The standard InChI is InChI=1S/C11H12N2O2/c1-14-9-5-3-4-8(6-9)10-7-12-11(13-10)15-2/h3-7H,1-2H3,(H,12,13). The summed E-state index contributed by atoms with van der Waals surface area (Å²) in [5.74, 6) is 0.820. The fourth-order valence-electron chi connectivity index (χ4n) is 1.34. The Labute approximate surface area is 87.9 Å². The third kappa shape index (κ3) is 1.93. The van der Waals surface area contributed by atoms with Gasteiger partial charge in [0.05, 0.1) is 26.1 Å². The van der Waals surface area contributed by atoms with Crippen molar-refractivity contribution in [3.8, 4) is 23.0 Å². The first-order chi connectivity index (χ1) is 7.33. The van der Waals surface area contributed by atoms with Gasteiger partial charge < -0.3 is 14.5 Å². The van der Waals surface area contributed by atoms with Crippen LogP contribution in [0.5, 0.6) is 11.8 Å². The highest BCUT2D eigenvalue weighted by Gasteiger charge is 2.03. The number of nitrogens with one attached hydrogen (secondary N) is 1. The summed E-state index contributed by atoms with van der Waals surface area (Å²) in [4.78, 5) is 7.09. The van der Waals surface area contributed by atoms with Gasteiger partial charge in [-0.05, 0) is 12.1 Å². The van der Waals surface area contributed by atoms with E-state index in [2.05, 4.69) is 9.97 Å². The summed E-state index contributed by atoms with van der Waals surface area (Å²) in [6.45, 7) is 0. The van der Waals surface area contributed by atoms with Crippen LogP contribution in [0.1, 0.15) is 0 Å². The van der Waals surface area contributed by atoms with Gasteiger partial charge in [-0.25, -0.2) is 4.98 Å². The molecule has 15 heavy (non-hydrogen) atoms. The smallest absolute Gasteiger partial charge is 0.293 e. The van der Waals surface area contributed by atoms with Gasteiger partial charge in [-0.3, -0.25) is 0 Å². The number of ether oxygens (including phenoxy) is 2. The molecular formula is C11H12N2O2. The number of imidazole rings is 1. The third-order valence-corrected chi connectivity index (χ3v) is 2.13. The predicted molar refractivity (Wildman–Crippen MR) is 57.1 cm³/mol. The van der Waals surface area contributed by atoms with Crippen molar-refractivity contribution in [3.63, 3.8) is 0 Å². The molecule has 0 unspecified atom stereocenters. The second-order valence-corrected chi connectivity index (χ2v) is 3.04. The van der Waals surface area contributed by atoms with Gasteiger partial charge in [0.25, 0.3) is 6.01 Å². The van der Waals surface area contributed by atoms with E-state index in [1.165, 1.54) is 0 Å². The second-order valence-electron chi connectivity index (χ2n) is 3.04. The van der Waals surface area contributed by atoms with Crippen LogP contribution in [0.4, 0.5) is 0 Å². The van der Waals surface area contributed by atoms with Gasteiger partial charge in [-0.2, -0.15) is 0 Å². The Balaban J connectivity index is 2.35. The first-order valence-electron chi connectivity index (χ1n) is 4.57. The van der Waals surface area contributed by atoms with Crippen LogP contribution in [0.15, 0.2) is 30.5 Å². The maximum absolute atomic E-state index is 5.14. The molecule has 0 radical (unpaired) electrons. The summed E-state index contributed by atoms with van der Waals surface area (Å²) in [6.07, 6.45) is 1.73. The van der Waals surface area contributed by atoms with E-state index in [1.54, 1.807) is 20.4 Å². The van der Waals surface area contributed by atoms with E-state index >= 15 is 0 Å². The van der Waals surface area contributed by atoms with Crippen LogP contribution in [0.25, 0.3) is 11.3 Å². The predicted octanol–water partition coefficient (Wildman–Crippen LogP) is 2.09. The summed E-state index contributed by atoms with van der Waals surface area (Å²) in [5.41, 5.74) is 1.93. The zero-order valence-corrected chi connectivity index (χ0v) is 8.65. The summed E-state index contributed by atoms with van der Waals surface area (Å²) in [7, 11) is 3.22. The van der Waals surface area contributed by atoms with Crippen molar-refractivity contribution in [2.75, 3.05) is 14.2 Å². The lowest BCUT2D eigenvalue weighted by molar-refractivity contribution is 0.384. The van der Waals surface area contributed by atoms with Gasteiger partial charge in [0, 0.05) is 5.56 Å². The van der Waals surface area contributed by atoms with Crippen molar-refractivity contribution >= 4 is 0 Å². The van der Waals surface area contributed by atoms with E-state index in [0.717, 1.165) is 17.0 Å². The highest BCUT2D eigenvalue weighted by molar-refractivity contribution is 5.60. The molecule has 0 aliphatic rings. The molecule has 1 aromatic carbocycles. The molecule has 0 saturated carbocycles. The van der Waals surface area contributed by atoms with Gasteiger partial charge in [-0.15, -0.1) is 0 Å². The molecule has 0 spiro atoms. The molecular weight excluding hydrogens is 192 g/mol. The maximum atomic E-state index is 5.14. The Morgan fingerprint density at radius 2 is 2.07 bits per heavy atom. The lowest BCUT2D eigenvalue weighted by atomic mass is 10.1. The van der Waals surface area contributed by atoms with E-state index in [1.807, 2.05) is 24.3 Å². The van der Waals surface area contributed by atoms with Crippen LogP contribution in [-0.4, -0.2) is 24.2 Å². The van der Waals surface area contributed by atoms with Gasteiger partial charge in [0.15, 0.2) is 0 Å². The van der Waals surface area contributed by atoms with E-state index in [-0.39, 0.29) is 0 Å². The number of H-pyrrole nitrogens is 1. The number of aromatic nitrogens is 2. The molecule has 0 amide bonds. The van der Waals surface area contributed by atoms with Crippen molar-refractivity contribution in [1.29, 1.82) is 0 Å². The Hall–Kier alpha value is -1.97. The molecule has 78 valence electrons. The molecule has 0 aliphatic heterocycles. The number of methoxy groups -OCH3 is 2. The summed E-state index contributed by atoms with van der Waals surface area (Å²) < 4.78 is 10.1. The SMILES string of the molecule is COc1cccc(-c2cnc(OC)[nH]2)c1. The first-order valence-corrected chi connectivity index (χ1v) is 4.57. The largest absolute Gasteiger partial charge is 0.497 e. The van der Waals surface area contributed by atoms with Crippen molar-refractivity contribution in [2.45, 2.75) is 0 Å². The van der Waals surface area contributed by atoms with Crippen LogP contribution >= 0.6 is 0 Å². The fraction of sp³-hybridized carbons (Fsp3) is 0.182. The second kappa shape index (κ2) is 4.04. The van der Waals surface area contributed by atoms with Crippen LogP contribution in [0.2, 0.25) is 0 Å². The molecule has 0 saturated heterocycles. The van der Waals surface area contributed by atoms with Crippen LogP contribution in [-0.2, 0) is 0 Å². The van der Waals surface area contributed by atoms with Crippen molar-refractivity contribution in [1.82, 2.24) is 9.97 Å². The van der Waals surface area contributed by atoms with Crippen LogP contribution in [0, 0.1) is 0 Å². The average Bonchev–Trinajstić information content (AvgIpc) is 2.78. The normalized spacial score (nSPS) is 10.0. The fourth-order valence-corrected chi connectivity index (χ4v) is 1.34. The lowest BCUT2D eigenvalue weighted by Crippen LogP contribution is -1.85. The third-order valence-electron chi connectivity index (χ3n) is 2.13. The molecule has 1 N–H and O–H groups in total. The highest BCUT2D eigenvalue weighted by Crippen LogP contribution is 2.23. The molecule has 2 aromatic rings. The van der Waals surface area contributed by atoms with Gasteiger partial charge >= 0.3 is 0 Å². The molecule has 0 aliphatic carbocycles. The molecule has 4 heteroatoms.